The van der Waals surface area contributed by atoms with Gasteiger partial charge in [0.05, 0.1) is 18.3 Å². The SMILES string of the molecule is COc1ccc2c(-c3ccccc3)c(-c3ccccc3)n3c(=O)[nH]c(=O)c1c23. The van der Waals surface area contributed by atoms with Gasteiger partial charge in [-0.2, -0.15) is 0 Å². The summed E-state index contributed by atoms with van der Waals surface area (Å²) in [5, 5.41) is 1.21. The Balaban J connectivity index is 2.10. The highest BCUT2D eigenvalue weighted by atomic mass is 16.5. The van der Waals surface area contributed by atoms with E-state index < -0.39 is 11.2 Å². The molecule has 5 heteroatoms. The normalized spacial score (nSPS) is 11.3. The van der Waals surface area contributed by atoms with Gasteiger partial charge in [0.15, 0.2) is 0 Å². The Morgan fingerprint density at radius 1 is 0.821 bits per heavy atom. The van der Waals surface area contributed by atoms with Gasteiger partial charge in [-0.1, -0.05) is 60.7 Å². The summed E-state index contributed by atoms with van der Waals surface area (Å²) in [6.07, 6.45) is 0. The Morgan fingerprint density at radius 3 is 2.11 bits per heavy atom. The van der Waals surface area contributed by atoms with Gasteiger partial charge in [0.2, 0.25) is 0 Å². The molecule has 28 heavy (non-hydrogen) atoms. The Hall–Kier alpha value is -3.86. The molecule has 136 valence electrons. The van der Waals surface area contributed by atoms with E-state index in [9.17, 15) is 9.59 Å². The van der Waals surface area contributed by atoms with E-state index in [1.807, 2.05) is 66.7 Å². The maximum atomic E-state index is 12.9. The molecule has 0 atom stereocenters. The third-order valence-corrected chi connectivity index (χ3v) is 5.07. The van der Waals surface area contributed by atoms with Crippen molar-refractivity contribution in [1.82, 2.24) is 9.38 Å². The second-order valence-corrected chi connectivity index (χ2v) is 6.59. The molecule has 0 saturated heterocycles. The van der Waals surface area contributed by atoms with Crippen LogP contribution in [0.2, 0.25) is 0 Å². The van der Waals surface area contributed by atoms with Crippen molar-refractivity contribution in [3.63, 3.8) is 0 Å². The number of ether oxygens (including phenoxy) is 1. The maximum absolute atomic E-state index is 12.9. The molecule has 5 rings (SSSR count). The quantitative estimate of drug-likeness (QED) is 0.525. The lowest BCUT2D eigenvalue weighted by atomic mass is 9.98. The number of hydrogen-bond acceptors (Lipinski definition) is 3. The lowest BCUT2D eigenvalue weighted by molar-refractivity contribution is 0.419. The van der Waals surface area contributed by atoms with Crippen LogP contribution in [0.4, 0.5) is 0 Å². The molecule has 0 aliphatic rings. The van der Waals surface area contributed by atoms with Crippen LogP contribution >= 0.6 is 0 Å². The molecule has 2 heterocycles. The molecule has 3 aromatic carbocycles. The number of nitrogens with one attached hydrogen (secondary N) is 1. The van der Waals surface area contributed by atoms with Gasteiger partial charge in [-0.3, -0.25) is 14.2 Å². The van der Waals surface area contributed by atoms with E-state index in [4.69, 9.17) is 4.74 Å². The fourth-order valence-corrected chi connectivity index (χ4v) is 3.93. The summed E-state index contributed by atoms with van der Waals surface area (Å²) >= 11 is 0. The predicted molar refractivity (Wildman–Crippen MR) is 110 cm³/mol. The fraction of sp³-hybridized carbons (Fsp3) is 0.0435. The predicted octanol–water partition coefficient (Wildman–Crippen LogP) is 3.92. The van der Waals surface area contributed by atoms with E-state index in [1.54, 1.807) is 10.5 Å². The summed E-state index contributed by atoms with van der Waals surface area (Å²) in [7, 11) is 1.52. The Morgan fingerprint density at radius 2 is 1.46 bits per heavy atom. The van der Waals surface area contributed by atoms with Crippen molar-refractivity contribution in [2.24, 2.45) is 0 Å². The molecule has 0 saturated carbocycles. The minimum atomic E-state index is -0.461. The number of aromatic amines is 1. The number of hydrogen-bond donors (Lipinski definition) is 1. The first kappa shape index (κ1) is 16.3. The van der Waals surface area contributed by atoms with E-state index in [-0.39, 0.29) is 0 Å². The highest BCUT2D eigenvalue weighted by Crippen LogP contribution is 2.42. The fourth-order valence-electron chi connectivity index (χ4n) is 3.93. The van der Waals surface area contributed by atoms with Gasteiger partial charge in [0.25, 0.3) is 5.56 Å². The molecule has 0 aliphatic heterocycles. The van der Waals surface area contributed by atoms with Crippen LogP contribution in [0.3, 0.4) is 0 Å². The van der Waals surface area contributed by atoms with Crippen molar-refractivity contribution < 1.29 is 4.74 Å². The number of H-pyrrole nitrogens is 1. The van der Waals surface area contributed by atoms with Gasteiger partial charge in [-0.05, 0) is 23.3 Å². The topological polar surface area (TPSA) is 63.6 Å². The van der Waals surface area contributed by atoms with Crippen LogP contribution in [-0.4, -0.2) is 16.5 Å². The molecule has 0 bridgehead atoms. The van der Waals surface area contributed by atoms with Crippen molar-refractivity contribution >= 4 is 16.3 Å². The van der Waals surface area contributed by atoms with Crippen LogP contribution in [0.5, 0.6) is 5.75 Å². The molecule has 0 spiro atoms. The van der Waals surface area contributed by atoms with Crippen molar-refractivity contribution in [3.05, 3.63) is 93.6 Å². The molecule has 0 fully saturated rings. The molecule has 0 radical (unpaired) electrons. The van der Waals surface area contributed by atoms with Crippen LogP contribution in [-0.2, 0) is 0 Å². The number of methoxy groups -OCH3 is 1. The second kappa shape index (κ2) is 6.09. The largest absolute Gasteiger partial charge is 0.496 e. The zero-order chi connectivity index (χ0) is 19.3. The Kier molecular flexibility index (Phi) is 3.55. The smallest absolute Gasteiger partial charge is 0.333 e. The molecule has 2 aromatic heterocycles. The molecule has 5 aromatic rings. The van der Waals surface area contributed by atoms with Gasteiger partial charge in [0, 0.05) is 10.9 Å². The Bertz CT molecular complexity index is 1420. The van der Waals surface area contributed by atoms with E-state index in [2.05, 4.69) is 4.98 Å². The zero-order valence-electron chi connectivity index (χ0n) is 15.1. The summed E-state index contributed by atoms with van der Waals surface area (Å²) in [6, 6.07) is 23.3. The first-order valence-corrected chi connectivity index (χ1v) is 8.92. The first-order valence-electron chi connectivity index (χ1n) is 8.92. The van der Waals surface area contributed by atoms with E-state index in [1.165, 1.54) is 7.11 Å². The summed E-state index contributed by atoms with van der Waals surface area (Å²) in [5.41, 5.74) is 3.20. The average molecular weight is 368 g/mol. The first-order chi connectivity index (χ1) is 13.7. The average Bonchev–Trinajstić information content (AvgIpc) is 3.09. The van der Waals surface area contributed by atoms with Crippen molar-refractivity contribution in [2.45, 2.75) is 0 Å². The summed E-state index contributed by atoms with van der Waals surface area (Å²) in [4.78, 5) is 28.0. The number of aromatic nitrogens is 2. The van der Waals surface area contributed by atoms with Crippen LogP contribution in [0.1, 0.15) is 0 Å². The molecule has 5 nitrogen and oxygen atoms in total. The zero-order valence-corrected chi connectivity index (χ0v) is 15.1. The highest BCUT2D eigenvalue weighted by molar-refractivity contribution is 6.11. The van der Waals surface area contributed by atoms with Gasteiger partial charge in [0.1, 0.15) is 11.1 Å². The monoisotopic (exact) mass is 368 g/mol. The number of nitrogens with zero attached hydrogens (tertiary/aromatic N) is 1. The van der Waals surface area contributed by atoms with Gasteiger partial charge in [-0.15, -0.1) is 0 Å². The molecular formula is C23H16N2O3. The van der Waals surface area contributed by atoms with E-state index in [0.29, 0.717) is 16.7 Å². The van der Waals surface area contributed by atoms with Gasteiger partial charge in [-0.25, -0.2) is 4.79 Å². The minimum Gasteiger partial charge on any atom is -0.496 e. The van der Waals surface area contributed by atoms with Crippen molar-refractivity contribution in [1.29, 1.82) is 0 Å². The Labute approximate surface area is 159 Å². The van der Waals surface area contributed by atoms with E-state index >= 15 is 0 Å². The van der Waals surface area contributed by atoms with Crippen molar-refractivity contribution in [2.75, 3.05) is 7.11 Å². The molecule has 0 unspecified atom stereocenters. The lowest BCUT2D eigenvalue weighted by Gasteiger charge is -2.07. The van der Waals surface area contributed by atoms with Gasteiger partial charge >= 0.3 is 5.69 Å². The maximum Gasteiger partial charge on any atom is 0.333 e. The second-order valence-electron chi connectivity index (χ2n) is 6.59. The number of rotatable bonds is 3. The molecule has 0 amide bonds. The van der Waals surface area contributed by atoms with Crippen LogP contribution in [0.25, 0.3) is 38.7 Å². The molecule has 0 aliphatic carbocycles. The van der Waals surface area contributed by atoms with E-state index in [0.717, 1.165) is 27.8 Å². The molecular weight excluding hydrogens is 352 g/mol. The summed E-state index contributed by atoms with van der Waals surface area (Å²) in [6.45, 7) is 0. The van der Waals surface area contributed by atoms with Crippen LogP contribution < -0.4 is 16.0 Å². The van der Waals surface area contributed by atoms with Crippen LogP contribution in [0, 0.1) is 0 Å². The lowest BCUT2D eigenvalue weighted by Crippen LogP contribution is -2.26. The van der Waals surface area contributed by atoms with Gasteiger partial charge < -0.3 is 4.74 Å². The summed E-state index contributed by atoms with van der Waals surface area (Å²) < 4.78 is 7.00. The standard InChI is InChI=1S/C23H16N2O3/c1-28-17-13-12-16-18(14-8-4-2-5-9-14)20(15-10-6-3-7-11-15)25-21(16)19(17)22(26)24-23(25)27/h2-13H,1H3,(H,24,26,27). The third kappa shape index (κ3) is 2.19. The molecule has 1 N–H and O–H groups in total. The van der Waals surface area contributed by atoms with Crippen LogP contribution in [0.15, 0.2) is 82.4 Å². The highest BCUT2D eigenvalue weighted by Gasteiger charge is 2.24. The minimum absolute atomic E-state index is 0.374. The number of benzene rings is 3. The summed E-state index contributed by atoms with van der Waals surface area (Å²) in [5.74, 6) is 0.440. The third-order valence-electron chi connectivity index (χ3n) is 5.07. The van der Waals surface area contributed by atoms with Crippen molar-refractivity contribution in [3.8, 4) is 28.1 Å².